The molecule has 5 rings (SSSR count). The molecule has 0 saturated heterocycles. The van der Waals surface area contributed by atoms with Crippen LogP contribution in [0.4, 0.5) is 11.5 Å². The Morgan fingerprint density at radius 3 is 2.50 bits per heavy atom. The summed E-state index contributed by atoms with van der Waals surface area (Å²) in [5.41, 5.74) is 24.2. The third kappa shape index (κ3) is 2.73. The van der Waals surface area contributed by atoms with Crippen LogP contribution in [0.3, 0.4) is 0 Å². The van der Waals surface area contributed by atoms with Crippen molar-refractivity contribution in [2.45, 2.75) is 75.3 Å². The molecule has 148 valence electrons. The van der Waals surface area contributed by atoms with Crippen molar-refractivity contribution in [2.75, 3.05) is 11.5 Å². The number of hydrogen-bond acceptors (Lipinski definition) is 6. The smallest absolute Gasteiger partial charge is 0.142 e. The number of anilines is 2. The second-order valence-corrected chi connectivity index (χ2v) is 8.80. The Kier molecular flexibility index (Phi) is 4.19. The lowest BCUT2D eigenvalue weighted by molar-refractivity contribution is 0.148. The summed E-state index contributed by atoms with van der Waals surface area (Å²) in [7, 11) is 0. The van der Waals surface area contributed by atoms with Crippen molar-refractivity contribution >= 4 is 11.5 Å². The number of nitrogen functional groups attached to an aromatic ring is 2. The van der Waals surface area contributed by atoms with Crippen molar-refractivity contribution in [3.63, 3.8) is 0 Å². The van der Waals surface area contributed by atoms with E-state index in [1.165, 1.54) is 12.8 Å². The molecule has 1 spiro atoms. The fourth-order valence-corrected chi connectivity index (χ4v) is 5.58. The summed E-state index contributed by atoms with van der Waals surface area (Å²) >= 11 is 0. The molecular formula is C22H29N5O. The predicted molar refractivity (Wildman–Crippen MR) is 111 cm³/mol. The summed E-state index contributed by atoms with van der Waals surface area (Å²) in [6.07, 6.45) is 11.3. The van der Waals surface area contributed by atoms with E-state index in [0.717, 1.165) is 78.8 Å². The number of hydrogen-bond donors (Lipinski definition) is 3. The van der Waals surface area contributed by atoms with Crippen molar-refractivity contribution in [2.24, 2.45) is 5.73 Å². The summed E-state index contributed by atoms with van der Waals surface area (Å²) in [5.74, 6) is 1.42. The molecule has 0 radical (unpaired) electrons. The van der Waals surface area contributed by atoms with Crippen LogP contribution in [0.15, 0.2) is 18.5 Å². The number of nitrogens with zero attached hydrogens (tertiary/aromatic N) is 2. The second kappa shape index (κ2) is 6.62. The highest BCUT2D eigenvalue weighted by Gasteiger charge is 2.44. The Bertz CT molecular complexity index is 898. The van der Waals surface area contributed by atoms with E-state index in [1.54, 1.807) is 6.33 Å². The molecule has 2 saturated carbocycles. The van der Waals surface area contributed by atoms with Gasteiger partial charge in [-0.15, -0.1) is 0 Å². The van der Waals surface area contributed by atoms with Gasteiger partial charge in [0.05, 0.1) is 17.5 Å². The molecule has 0 bridgehead atoms. The van der Waals surface area contributed by atoms with Gasteiger partial charge in [-0.05, 0) is 62.6 Å². The predicted octanol–water partition coefficient (Wildman–Crippen LogP) is 3.32. The molecule has 1 aromatic heterocycles. The van der Waals surface area contributed by atoms with Gasteiger partial charge in [-0.3, -0.25) is 0 Å². The van der Waals surface area contributed by atoms with Gasteiger partial charge in [0, 0.05) is 22.6 Å². The van der Waals surface area contributed by atoms with Crippen molar-refractivity contribution < 1.29 is 4.74 Å². The van der Waals surface area contributed by atoms with E-state index in [-0.39, 0.29) is 11.5 Å². The third-order valence-electron chi connectivity index (χ3n) is 7.07. The molecule has 3 aliphatic rings. The van der Waals surface area contributed by atoms with Crippen LogP contribution in [-0.2, 0) is 11.8 Å². The van der Waals surface area contributed by atoms with Crippen molar-refractivity contribution in [1.29, 1.82) is 0 Å². The lowest BCUT2D eigenvalue weighted by atomic mass is 9.68. The minimum absolute atomic E-state index is 0.0119. The highest BCUT2D eigenvalue weighted by Crippen LogP contribution is 2.54. The molecule has 6 nitrogen and oxygen atoms in total. The number of fused-ring (bicyclic) bond motifs is 4. The van der Waals surface area contributed by atoms with E-state index in [2.05, 4.69) is 16.0 Å². The van der Waals surface area contributed by atoms with Gasteiger partial charge in [0.2, 0.25) is 0 Å². The fourth-order valence-electron chi connectivity index (χ4n) is 5.58. The zero-order valence-electron chi connectivity index (χ0n) is 16.3. The summed E-state index contributed by atoms with van der Waals surface area (Å²) < 4.78 is 6.33. The molecular weight excluding hydrogens is 350 g/mol. The van der Waals surface area contributed by atoms with Crippen LogP contribution in [-0.4, -0.2) is 22.1 Å². The SMILES string of the molecule is Nc1ncnc2c1C1(CCCC1)Cc1c-2ccc(OC2CCC(N)CC2)c1N. The molecule has 1 heterocycles. The van der Waals surface area contributed by atoms with Crippen LogP contribution in [0.5, 0.6) is 5.75 Å². The largest absolute Gasteiger partial charge is 0.488 e. The van der Waals surface area contributed by atoms with Gasteiger partial charge in [-0.2, -0.15) is 0 Å². The Hall–Kier alpha value is -2.34. The van der Waals surface area contributed by atoms with Crippen LogP contribution >= 0.6 is 0 Å². The summed E-state index contributed by atoms with van der Waals surface area (Å²) in [5, 5.41) is 0. The number of ether oxygens (including phenoxy) is 1. The van der Waals surface area contributed by atoms with Crippen molar-refractivity contribution in [3.05, 3.63) is 29.6 Å². The standard InChI is InChI=1S/C22H29N5O/c23-13-3-5-14(6-4-13)28-17-8-7-15-16(19(17)24)11-22(9-1-2-10-22)18-20(15)26-12-27-21(18)25/h7-8,12-14H,1-6,9-11,23-24H2,(H2,25,26,27). The Morgan fingerprint density at radius 2 is 1.75 bits per heavy atom. The fraction of sp³-hybridized carbons (Fsp3) is 0.545. The maximum absolute atomic E-state index is 6.67. The Labute approximate surface area is 165 Å². The van der Waals surface area contributed by atoms with Gasteiger partial charge in [-0.1, -0.05) is 12.8 Å². The molecule has 28 heavy (non-hydrogen) atoms. The average molecular weight is 380 g/mol. The van der Waals surface area contributed by atoms with E-state index >= 15 is 0 Å². The maximum Gasteiger partial charge on any atom is 0.142 e. The van der Waals surface area contributed by atoms with E-state index < -0.39 is 0 Å². The van der Waals surface area contributed by atoms with Gasteiger partial charge in [0.15, 0.2) is 0 Å². The highest BCUT2D eigenvalue weighted by molar-refractivity contribution is 5.82. The first-order chi connectivity index (χ1) is 13.6. The van der Waals surface area contributed by atoms with Gasteiger partial charge < -0.3 is 21.9 Å². The maximum atomic E-state index is 6.67. The second-order valence-electron chi connectivity index (χ2n) is 8.80. The normalized spacial score (nSPS) is 25.3. The first kappa shape index (κ1) is 17.7. The molecule has 6 heteroatoms. The van der Waals surface area contributed by atoms with Gasteiger partial charge in [0.1, 0.15) is 17.9 Å². The molecule has 2 aromatic rings. The monoisotopic (exact) mass is 379 g/mol. The van der Waals surface area contributed by atoms with E-state index in [0.29, 0.717) is 11.9 Å². The topological polar surface area (TPSA) is 113 Å². The molecule has 1 aromatic carbocycles. The minimum atomic E-state index is 0.0119. The van der Waals surface area contributed by atoms with E-state index in [4.69, 9.17) is 21.9 Å². The molecule has 0 atom stereocenters. The number of rotatable bonds is 2. The van der Waals surface area contributed by atoms with Crippen LogP contribution < -0.4 is 21.9 Å². The van der Waals surface area contributed by atoms with Crippen molar-refractivity contribution in [1.82, 2.24) is 9.97 Å². The van der Waals surface area contributed by atoms with Crippen LogP contribution in [0, 0.1) is 0 Å². The van der Waals surface area contributed by atoms with E-state index in [1.807, 2.05) is 6.07 Å². The van der Waals surface area contributed by atoms with Crippen molar-refractivity contribution in [3.8, 4) is 17.0 Å². The number of benzene rings is 1. The molecule has 0 unspecified atom stereocenters. The average Bonchev–Trinajstić information content (AvgIpc) is 3.15. The lowest BCUT2D eigenvalue weighted by Crippen LogP contribution is -2.33. The highest BCUT2D eigenvalue weighted by atomic mass is 16.5. The summed E-state index contributed by atoms with van der Waals surface area (Å²) in [6, 6.07) is 4.41. The third-order valence-corrected chi connectivity index (χ3v) is 7.07. The first-order valence-corrected chi connectivity index (χ1v) is 10.5. The van der Waals surface area contributed by atoms with Gasteiger partial charge >= 0.3 is 0 Å². The number of aromatic nitrogens is 2. The Balaban J connectivity index is 1.55. The van der Waals surface area contributed by atoms with Crippen LogP contribution in [0.1, 0.15) is 62.5 Å². The zero-order valence-corrected chi connectivity index (χ0v) is 16.3. The van der Waals surface area contributed by atoms with E-state index in [9.17, 15) is 0 Å². The van der Waals surface area contributed by atoms with Gasteiger partial charge in [-0.25, -0.2) is 9.97 Å². The molecule has 2 fully saturated rings. The lowest BCUT2D eigenvalue weighted by Gasteiger charge is -2.37. The van der Waals surface area contributed by atoms with Crippen LogP contribution in [0.25, 0.3) is 11.3 Å². The molecule has 0 amide bonds. The quantitative estimate of drug-likeness (QED) is 0.690. The Morgan fingerprint density at radius 1 is 1.00 bits per heavy atom. The minimum Gasteiger partial charge on any atom is -0.488 e. The first-order valence-electron chi connectivity index (χ1n) is 10.5. The molecule has 0 aliphatic heterocycles. The zero-order chi connectivity index (χ0) is 19.3. The molecule has 3 aliphatic carbocycles. The molecule has 6 N–H and O–H groups in total. The number of nitrogens with two attached hydrogens (primary N) is 3. The summed E-state index contributed by atoms with van der Waals surface area (Å²) in [6.45, 7) is 0. The summed E-state index contributed by atoms with van der Waals surface area (Å²) in [4.78, 5) is 8.94. The van der Waals surface area contributed by atoms with Gasteiger partial charge in [0.25, 0.3) is 0 Å². The van der Waals surface area contributed by atoms with Crippen LogP contribution in [0.2, 0.25) is 0 Å².